The Hall–Kier alpha value is -2.57. The Labute approximate surface area is 158 Å². The van der Waals surface area contributed by atoms with E-state index in [9.17, 15) is 14.4 Å². The van der Waals surface area contributed by atoms with Gasteiger partial charge in [-0.15, -0.1) is 0 Å². The minimum absolute atomic E-state index is 0.232. The normalized spacial score (nSPS) is 21.2. The van der Waals surface area contributed by atoms with Crippen LogP contribution in [0.3, 0.4) is 0 Å². The van der Waals surface area contributed by atoms with Gasteiger partial charge < -0.3 is 15.0 Å². The van der Waals surface area contributed by atoms with Crippen molar-refractivity contribution in [1.29, 1.82) is 0 Å². The van der Waals surface area contributed by atoms with Gasteiger partial charge >= 0.3 is 6.03 Å². The summed E-state index contributed by atoms with van der Waals surface area (Å²) in [4.78, 5) is 41.2. The molecule has 1 N–H and O–H groups in total. The molecule has 0 aromatic heterocycles. The maximum absolute atomic E-state index is 13.0. The molecule has 0 radical (unpaired) electrons. The van der Waals surface area contributed by atoms with Crippen molar-refractivity contribution in [2.45, 2.75) is 50.5 Å². The summed E-state index contributed by atoms with van der Waals surface area (Å²) in [5, 5.41) is 2.86. The number of aryl methyl sites for hydroxylation is 1. The predicted octanol–water partition coefficient (Wildman–Crippen LogP) is 2.23. The van der Waals surface area contributed by atoms with E-state index >= 15 is 0 Å². The van der Waals surface area contributed by atoms with Crippen LogP contribution in [0, 0.1) is 0 Å². The highest BCUT2D eigenvalue weighted by Gasteiger charge is 2.51. The number of benzene rings is 1. The molecule has 7 heteroatoms. The lowest BCUT2D eigenvalue weighted by molar-refractivity contribution is -0.135. The zero-order valence-electron chi connectivity index (χ0n) is 15.6. The summed E-state index contributed by atoms with van der Waals surface area (Å²) >= 11 is 0. The molecular formula is C20H25N3O4. The number of imide groups is 1. The zero-order chi connectivity index (χ0) is 19.0. The molecule has 1 spiro atoms. The number of anilines is 1. The highest BCUT2D eigenvalue weighted by Crippen LogP contribution is 2.37. The molecule has 0 bridgehead atoms. The van der Waals surface area contributed by atoms with Crippen LogP contribution < -0.4 is 15.0 Å². The van der Waals surface area contributed by atoms with Crippen LogP contribution in [0.5, 0.6) is 5.75 Å². The third-order valence-electron chi connectivity index (χ3n) is 5.95. The maximum Gasteiger partial charge on any atom is 0.325 e. The van der Waals surface area contributed by atoms with Crippen molar-refractivity contribution in [3.63, 3.8) is 0 Å². The second-order valence-corrected chi connectivity index (χ2v) is 7.58. The Balaban J connectivity index is 1.56. The molecule has 1 aromatic carbocycles. The molecule has 2 aliphatic heterocycles. The van der Waals surface area contributed by atoms with Crippen molar-refractivity contribution in [2.24, 2.45) is 0 Å². The molecule has 2 heterocycles. The maximum atomic E-state index is 13.0. The lowest BCUT2D eigenvalue weighted by Gasteiger charge is -2.32. The number of para-hydroxylation sites is 1. The highest BCUT2D eigenvalue weighted by molar-refractivity contribution is 6.10. The van der Waals surface area contributed by atoms with E-state index in [1.165, 1.54) is 0 Å². The fourth-order valence-electron chi connectivity index (χ4n) is 4.56. The molecule has 3 aliphatic rings. The van der Waals surface area contributed by atoms with E-state index in [0.29, 0.717) is 25.1 Å². The van der Waals surface area contributed by atoms with Crippen molar-refractivity contribution in [1.82, 2.24) is 10.2 Å². The van der Waals surface area contributed by atoms with Gasteiger partial charge in [-0.2, -0.15) is 0 Å². The van der Waals surface area contributed by atoms with Crippen LogP contribution in [0.15, 0.2) is 18.2 Å². The first-order valence-corrected chi connectivity index (χ1v) is 9.66. The summed E-state index contributed by atoms with van der Waals surface area (Å²) in [6.07, 6.45) is 5.95. The number of carbonyl (C=O) groups is 3. The first-order valence-electron chi connectivity index (χ1n) is 9.66. The molecular weight excluding hydrogens is 346 g/mol. The molecule has 0 unspecified atom stereocenters. The third kappa shape index (κ3) is 2.95. The number of nitrogens with zero attached hydrogens (tertiary/aromatic N) is 2. The van der Waals surface area contributed by atoms with Gasteiger partial charge in [0.1, 0.15) is 17.8 Å². The average molecular weight is 371 g/mol. The Morgan fingerprint density at radius 2 is 1.96 bits per heavy atom. The number of methoxy groups -OCH3 is 1. The summed E-state index contributed by atoms with van der Waals surface area (Å²) in [6.45, 7) is 0.324. The van der Waals surface area contributed by atoms with Crippen molar-refractivity contribution in [3.8, 4) is 5.75 Å². The Bertz CT molecular complexity index is 771. The average Bonchev–Trinajstić information content (AvgIpc) is 2.91. The monoisotopic (exact) mass is 371 g/mol. The second kappa shape index (κ2) is 6.87. The fraction of sp³-hybridized carbons (Fsp3) is 0.550. The van der Waals surface area contributed by atoms with Gasteiger partial charge in [-0.25, -0.2) is 4.79 Å². The smallest absolute Gasteiger partial charge is 0.325 e. The molecule has 1 aromatic rings. The third-order valence-corrected chi connectivity index (χ3v) is 5.95. The molecule has 1 saturated heterocycles. The number of hydrogen-bond acceptors (Lipinski definition) is 4. The number of rotatable bonds is 3. The number of ether oxygens (including phenoxy) is 1. The molecule has 1 saturated carbocycles. The Kier molecular flexibility index (Phi) is 4.53. The number of amides is 4. The van der Waals surface area contributed by atoms with Crippen LogP contribution in [0.2, 0.25) is 0 Å². The largest absolute Gasteiger partial charge is 0.495 e. The number of hydrogen-bond donors (Lipinski definition) is 1. The van der Waals surface area contributed by atoms with Gasteiger partial charge in [0.05, 0.1) is 12.8 Å². The highest BCUT2D eigenvalue weighted by atomic mass is 16.5. The number of carbonyl (C=O) groups excluding carboxylic acids is 3. The molecule has 2 fully saturated rings. The summed E-state index contributed by atoms with van der Waals surface area (Å²) in [6, 6.07) is 5.28. The van der Waals surface area contributed by atoms with Gasteiger partial charge in [-0.1, -0.05) is 31.4 Å². The van der Waals surface area contributed by atoms with E-state index in [0.717, 1.165) is 48.3 Å². The molecule has 27 heavy (non-hydrogen) atoms. The molecule has 144 valence electrons. The Morgan fingerprint density at radius 1 is 1.19 bits per heavy atom. The number of fused-ring (bicyclic) bond motifs is 1. The fourth-order valence-corrected chi connectivity index (χ4v) is 4.56. The van der Waals surface area contributed by atoms with E-state index in [-0.39, 0.29) is 18.4 Å². The van der Waals surface area contributed by atoms with Gasteiger partial charge in [0.15, 0.2) is 0 Å². The van der Waals surface area contributed by atoms with Crippen molar-refractivity contribution >= 4 is 23.5 Å². The van der Waals surface area contributed by atoms with Crippen LogP contribution in [-0.2, 0) is 16.0 Å². The topological polar surface area (TPSA) is 79.0 Å². The van der Waals surface area contributed by atoms with Crippen molar-refractivity contribution in [2.75, 3.05) is 25.1 Å². The van der Waals surface area contributed by atoms with Crippen LogP contribution in [0.1, 0.15) is 44.1 Å². The number of nitrogens with one attached hydrogen (secondary N) is 1. The second-order valence-electron chi connectivity index (χ2n) is 7.58. The lowest BCUT2D eigenvalue weighted by Crippen LogP contribution is -2.49. The minimum Gasteiger partial charge on any atom is -0.495 e. The van der Waals surface area contributed by atoms with Crippen LogP contribution >= 0.6 is 0 Å². The summed E-state index contributed by atoms with van der Waals surface area (Å²) in [5.74, 6) is 0.135. The quantitative estimate of drug-likeness (QED) is 0.827. The first-order chi connectivity index (χ1) is 13.1. The van der Waals surface area contributed by atoms with Gasteiger partial charge in [-0.3, -0.25) is 14.5 Å². The van der Waals surface area contributed by atoms with Gasteiger partial charge in [0.25, 0.3) is 5.91 Å². The summed E-state index contributed by atoms with van der Waals surface area (Å²) in [5.41, 5.74) is 1.01. The summed E-state index contributed by atoms with van der Waals surface area (Å²) < 4.78 is 5.44. The van der Waals surface area contributed by atoms with E-state index < -0.39 is 11.6 Å². The van der Waals surface area contributed by atoms with Gasteiger partial charge in [-0.05, 0) is 37.3 Å². The lowest BCUT2D eigenvalue weighted by atomic mass is 9.82. The van der Waals surface area contributed by atoms with E-state index in [2.05, 4.69) is 5.32 Å². The van der Waals surface area contributed by atoms with Gasteiger partial charge in [0, 0.05) is 6.54 Å². The van der Waals surface area contributed by atoms with Crippen LogP contribution in [0.25, 0.3) is 0 Å². The molecule has 7 nitrogen and oxygen atoms in total. The van der Waals surface area contributed by atoms with Crippen LogP contribution in [-0.4, -0.2) is 48.5 Å². The SMILES string of the molecule is COc1cccc2c1N(C(=O)CN1C(=O)NC3(CCCCC3)C1=O)CCC2. The van der Waals surface area contributed by atoms with Crippen LogP contribution in [0.4, 0.5) is 10.5 Å². The van der Waals surface area contributed by atoms with E-state index in [1.54, 1.807) is 12.0 Å². The summed E-state index contributed by atoms with van der Waals surface area (Å²) in [7, 11) is 1.58. The Morgan fingerprint density at radius 3 is 2.70 bits per heavy atom. The molecule has 1 aliphatic carbocycles. The predicted molar refractivity (Wildman–Crippen MR) is 99.7 cm³/mol. The molecule has 0 atom stereocenters. The van der Waals surface area contributed by atoms with Crippen molar-refractivity contribution < 1.29 is 19.1 Å². The number of urea groups is 1. The van der Waals surface area contributed by atoms with E-state index in [1.807, 2.05) is 18.2 Å². The van der Waals surface area contributed by atoms with Crippen molar-refractivity contribution in [3.05, 3.63) is 23.8 Å². The first kappa shape index (κ1) is 17.8. The van der Waals surface area contributed by atoms with Gasteiger partial charge in [0.2, 0.25) is 5.91 Å². The zero-order valence-corrected chi connectivity index (χ0v) is 15.6. The molecule has 4 amide bonds. The molecule has 4 rings (SSSR count). The van der Waals surface area contributed by atoms with E-state index in [4.69, 9.17) is 4.74 Å². The standard InChI is InChI=1S/C20H25N3O4/c1-27-15-9-5-7-14-8-6-12-22(17(14)15)16(24)13-23-18(25)20(21-19(23)26)10-3-2-4-11-20/h5,7,9H,2-4,6,8,10-13H2,1H3,(H,21,26). The minimum atomic E-state index is -0.799.